The van der Waals surface area contributed by atoms with Gasteiger partial charge in [-0.05, 0) is 42.8 Å². The van der Waals surface area contributed by atoms with Gasteiger partial charge in [-0.15, -0.1) is 13.2 Å². The Kier molecular flexibility index (Phi) is 3.95. The van der Waals surface area contributed by atoms with Gasteiger partial charge < -0.3 is 4.74 Å². The Labute approximate surface area is 119 Å². The fourth-order valence-electron chi connectivity index (χ4n) is 1.81. The van der Waals surface area contributed by atoms with Crippen LogP contribution in [-0.2, 0) is 9.84 Å². The van der Waals surface area contributed by atoms with Crippen molar-refractivity contribution in [2.24, 2.45) is 0 Å². The molecule has 0 atom stereocenters. The SMILES string of the molecule is Cc1ccccc1S(=O)(=O)c1ccc(OC(F)(F)F)cc1. The molecular weight excluding hydrogens is 305 g/mol. The molecule has 2 aromatic carbocycles. The summed E-state index contributed by atoms with van der Waals surface area (Å²) in [4.78, 5) is 0.0285. The Morgan fingerprint density at radius 1 is 0.952 bits per heavy atom. The molecule has 0 amide bonds. The molecule has 0 heterocycles. The van der Waals surface area contributed by atoms with Gasteiger partial charge in [0.25, 0.3) is 0 Å². The number of rotatable bonds is 3. The van der Waals surface area contributed by atoms with Crippen LogP contribution in [0.4, 0.5) is 13.2 Å². The first-order chi connectivity index (χ1) is 9.70. The van der Waals surface area contributed by atoms with Gasteiger partial charge in [0.15, 0.2) is 0 Å². The summed E-state index contributed by atoms with van der Waals surface area (Å²) in [6.07, 6.45) is -4.81. The zero-order valence-corrected chi connectivity index (χ0v) is 11.7. The standard InChI is InChI=1S/C14H11F3O3S/c1-10-4-2-3-5-13(10)21(18,19)12-8-6-11(7-9-12)20-14(15,16)17/h2-9H,1H3. The number of hydrogen-bond donors (Lipinski definition) is 0. The topological polar surface area (TPSA) is 43.4 Å². The van der Waals surface area contributed by atoms with Crippen molar-refractivity contribution in [2.75, 3.05) is 0 Å². The highest BCUT2D eigenvalue weighted by atomic mass is 32.2. The first-order valence-electron chi connectivity index (χ1n) is 5.87. The van der Waals surface area contributed by atoms with Crippen molar-refractivity contribution in [3.05, 3.63) is 54.1 Å². The lowest BCUT2D eigenvalue weighted by molar-refractivity contribution is -0.274. The maximum Gasteiger partial charge on any atom is 0.573 e. The van der Waals surface area contributed by atoms with Crippen LogP contribution in [0.3, 0.4) is 0 Å². The monoisotopic (exact) mass is 316 g/mol. The normalized spacial score (nSPS) is 12.2. The lowest BCUT2D eigenvalue weighted by atomic mass is 10.2. The summed E-state index contributed by atoms with van der Waals surface area (Å²) < 4.78 is 64.6. The molecule has 3 nitrogen and oxygen atoms in total. The van der Waals surface area contributed by atoms with E-state index in [1.807, 2.05) is 0 Å². The molecule has 0 aliphatic rings. The number of hydrogen-bond acceptors (Lipinski definition) is 3. The van der Waals surface area contributed by atoms with Crippen LogP contribution >= 0.6 is 0 Å². The fraction of sp³-hybridized carbons (Fsp3) is 0.143. The van der Waals surface area contributed by atoms with Crippen LogP contribution < -0.4 is 4.74 Å². The lowest BCUT2D eigenvalue weighted by Gasteiger charge is -2.10. The van der Waals surface area contributed by atoms with Gasteiger partial charge in [-0.1, -0.05) is 18.2 Å². The van der Waals surface area contributed by atoms with Crippen LogP contribution in [0.15, 0.2) is 58.3 Å². The van der Waals surface area contributed by atoms with Gasteiger partial charge in [0.1, 0.15) is 5.75 Å². The highest BCUT2D eigenvalue weighted by Crippen LogP contribution is 2.27. The van der Waals surface area contributed by atoms with Gasteiger partial charge in [0.05, 0.1) is 9.79 Å². The Hall–Kier alpha value is -2.02. The summed E-state index contributed by atoms with van der Waals surface area (Å²) in [5, 5.41) is 0. The summed E-state index contributed by atoms with van der Waals surface area (Å²) in [6, 6.07) is 10.5. The van der Waals surface area contributed by atoms with Crippen molar-refractivity contribution in [1.29, 1.82) is 0 Å². The van der Waals surface area contributed by atoms with Gasteiger partial charge in [-0.3, -0.25) is 0 Å². The number of halogens is 3. The third kappa shape index (κ3) is 3.55. The van der Waals surface area contributed by atoms with Crippen LogP contribution in [0.5, 0.6) is 5.75 Å². The van der Waals surface area contributed by atoms with E-state index in [2.05, 4.69) is 4.74 Å². The van der Waals surface area contributed by atoms with Crippen molar-refractivity contribution in [3.63, 3.8) is 0 Å². The molecule has 0 aromatic heterocycles. The molecular formula is C14H11F3O3S. The van der Waals surface area contributed by atoms with E-state index >= 15 is 0 Å². The maximum absolute atomic E-state index is 12.4. The Balaban J connectivity index is 2.36. The van der Waals surface area contributed by atoms with E-state index in [-0.39, 0.29) is 9.79 Å². The average molecular weight is 316 g/mol. The summed E-state index contributed by atoms with van der Waals surface area (Å²) in [7, 11) is -3.77. The van der Waals surface area contributed by atoms with E-state index in [1.165, 1.54) is 6.07 Å². The van der Waals surface area contributed by atoms with E-state index in [0.29, 0.717) is 5.56 Å². The van der Waals surface area contributed by atoms with Crippen LogP contribution in [0.25, 0.3) is 0 Å². The zero-order valence-electron chi connectivity index (χ0n) is 10.9. The van der Waals surface area contributed by atoms with Crippen molar-refractivity contribution >= 4 is 9.84 Å². The summed E-state index contributed by atoms with van der Waals surface area (Å²) in [5.74, 6) is -0.466. The first kappa shape index (κ1) is 15.4. The highest BCUT2D eigenvalue weighted by Gasteiger charge is 2.31. The van der Waals surface area contributed by atoms with Gasteiger partial charge in [0.2, 0.25) is 9.84 Å². The molecule has 0 N–H and O–H groups in total. The number of alkyl halides is 3. The maximum atomic E-state index is 12.4. The van der Waals surface area contributed by atoms with Crippen LogP contribution in [-0.4, -0.2) is 14.8 Å². The zero-order chi connectivity index (χ0) is 15.7. The highest BCUT2D eigenvalue weighted by molar-refractivity contribution is 7.91. The molecule has 21 heavy (non-hydrogen) atoms. The van der Waals surface area contributed by atoms with E-state index < -0.39 is 21.9 Å². The first-order valence-corrected chi connectivity index (χ1v) is 7.35. The van der Waals surface area contributed by atoms with Crippen molar-refractivity contribution in [3.8, 4) is 5.75 Å². The van der Waals surface area contributed by atoms with Crippen molar-refractivity contribution in [1.82, 2.24) is 0 Å². The number of aryl methyl sites for hydroxylation is 1. The Bertz CT molecular complexity index is 735. The molecule has 112 valence electrons. The van der Waals surface area contributed by atoms with Crippen LogP contribution in [0, 0.1) is 6.92 Å². The van der Waals surface area contributed by atoms with Gasteiger partial charge in [-0.25, -0.2) is 8.42 Å². The molecule has 0 spiro atoms. The Morgan fingerprint density at radius 3 is 2.05 bits per heavy atom. The van der Waals surface area contributed by atoms with Crippen molar-refractivity contribution in [2.45, 2.75) is 23.1 Å². The van der Waals surface area contributed by atoms with E-state index in [0.717, 1.165) is 24.3 Å². The second-order valence-corrected chi connectivity index (χ2v) is 6.21. The smallest absolute Gasteiger partial charge is 0.406 e. The van der Waals surface area contributed by atoms with E-state index in [1.54, 1.807) is 25.1 Å². The molecule has 0 saturated heterocycles. The van der Waals surface area contributed by atoms with Gasteiger partial charge in [0, 0.05) is 0 Å². The third-order valence-electron chi connectivity index (χ3n) is 2.75. The van der Waals surface area contributed by atoms with Crippen LogP contribution in [0.1, 0.15) is 5.56 Å². The molecule has 0 aliphatic heterocycles. The van der Waals surface area contributed by atoms with Gasteiger partial charge in [-0.2, -0.15) is 0 Å². The molecule has 0 bridgehead atoms. The number of benzene rings is 2. The Morgan fingerprint density at radius 2 is 1.52 bits per heavy atom. The second-order valence-electron chi connectivity index (χ2n) is 4.29. The minimum absolute atomic E-state index is 0.0914. The van der Waals surface area contributed by atoms with Crippen molar-refractivity contribution < 1.29 is 26.3 Å². The second kappa shape index (κ2) is 5.40. The van der Waals surface area contributed by atoms with E-state index in [4.69, 9.17) is 0 Å². The molecule has 2 aromatic rings. The minimum atomic E-state index is -4.81. The summed E-state index contributed by atoms with van der Waals surface area (Å²) >= 11 is 0. The molecule has 0 fully saturated rings. The molecule has 0 saturated carbocycles. The quantitative estimate of drug-likeness (QED) is 0.866. The molecule has 7 heteroatoms. The van der Waals surface area contributed by atoms with Gasteiger partial charge >= 0.3 is 6.36 Å². The predicted octanol–water partition coefficient (Wildman–Crippen LogP) is 3.73. The summed E-state index contributed by atoms with van der Waals surface area (Å²) in [6.45, 7) is 1.65. The summed E-state index contributed by atoms with van der Waals surface area (Å²) in [5.41, 5.74) is 0.563. The number of sulfone groups is 1. The molecule has 0 aliphatic carbocycles. The fourth-order valence-corrected chi connectivity index (χ4v) is 3.30. The van der Waals surface area contributed by atoms with Crippen LogP contribution in [0.2, 0.25) is 0 Å². The largest absolute Gasteiger partial charge is 0.573 e. The minimum Gasteiger partial charge on any atom is -0.406 e. The lowest BCUT2D eigenvalue weighted by Crippen LogP contribution is -2.17. The molecule has 0 radical (unpaired) electrons. The van der Waals surface area contributed by atoms with E-state index in [9.17, 15) is 21.6 Å². The molecule has 0 unspecified atom stereocenters. The predicted molar refractivity (Wildman–Crippen MR) is 69.8 cm³/mol. The average Bonchev–Trinajstić information content (AvgIpc) is 2.37. The third-order valence-corrected chi connectivity index (χ3v) is 4.68. The molecule has 2 rings (SSSR count). The number of ether oxygens (including phenoxy) is 1.